The third kappa shape index (κ3) is 8.29. The van der Waals surface area contributed by atoms with Crippen molar-refractivity contribution in [2.45, 2.75) is 63.6 Å². The number of hydrogen-bond acceptors (Lipinski definition) is 3. The number of fused-ring (bicyclic) bond motifs is 3. The molecule has 4 aromatic carbocycles. The van der Waals surface area contributed by atoms with E-state index in [0.29, 0.717) is 5.92 Å². The summed E-state index contributed by atoms with van der Waals surface area (Å²) in [6.07, 6.45) is 3.95. The minimum atomic E-state index is -1.77. The van der Waals surface area contributed by atoms with E-state index in [-0.39, 0.29) is 20.1 Å². The molecule has 0 bridgehead atoms. The predicted molar refractivity (Wildman–Crippen MR) is 215 cm³/mol. The fourth-order valence-electron chi connectivity index (χ4n) is 6.26. The summed E-state index contributed by atoms with van der Waals surface area (Å²) in [5.41, 5.74) is 10.7. The fourth-order valence-corrected chi connectivity index (χ4v) is 11.0. The number of nitrogens with zero attached hydrogens (tertiary/aromatic N) is 2. The van der Waals surface area contributed by atoms with Gasteiger partial charge in [0.15, 0.2) is 0 Å². The maximum Gasteiger partial charge on any atom is 0 e. The van der Waals surface area contributed by atoms with Gasteiger partial charge in [-0.3, -0.25) is 0 Å². The van der Waals surface area contributed by atoms with E-state index >= 15 is 0 Å². The molecule has 3 heterocycles. The Morgan fingerprint density at radius 1 is 0.740 bits per heavy atom. The molecular weight excluding hydrogens is 865 g/mol. The van der Waals surface area contributed by atoms with Gasteiger partial charge in [-0.25, -0.2) is 0 Å². The van der Waals surface area contributed by atoms with Crippen LogP contribution in [0, 0.1) is 19.1 Å². The van der Waals surface area contributed by atoms with Crippen LogP contribution >= 0.6 is 0 Å². The van der Waals surface area contributed by atoms with Crippen molar-refractivity contribution in [1.82, 2.24) is 9.97 Å². The van der Waals surface area contributed by atoms with Gasteiger partial charge in [0.2, 0.25) is 0 Å². The first-order chi connectivity index (χ1) is 23.3. The van der Waals surface area contributed by atoms with Crippen molar-refractivity contribution in [3.63, 3.8) is 0 Å². The Hall–Kier alpha value is -3.61. The second-order valence-corrected chi connectivity index (χ2v) is 30.9. The predicted octanol–water partition coefficient (Wildman–Crippen LogP) is 11.2. The van der Waals surface area contributed by atoms with Crippen molar-refractivity contribution in [2.24, 2.45) is 0 Å². The van der Waals surface area contributed by atoms with Crippen molar-refractivity contribution in [1.29, 1.82) is 0 Å². The SMILES string of the molecule is CC(C)c1ccnc(-c2[c-]ccc3c2oc2cc(-c4ccc([Si](C)(C)C)cc4)ccc23)c1.Cc1cc(-c2[c-]cccc2)nc[c]1[Ge]([CH3])([CH3])[CH3].[Ir]. The smallest absolute Gasteiger partial charge is 0 e. The van der Waals surface area contributed by atoms with Gasteiger partial charge < -0.3 is 9.40 Å². The largest absolute Gasteiger partial charge is 0 e. The Morgan fingerprint density at radius 2 is 1.48 bits per heavy atom. The zero-order valence-corrected chi connectivity index (χ0v) is 36.1. The van der Waals surface area contributed by atoms with Crippen LogP contribution in [-0.2, 0) is 20.1 Å². The van der Waals surface area contributed by atoms with E-state index in [9.17, 15) is 0 Å². The van der Waals surface area contributed by atoms with Crippen LogP contribution in [0.5, 0.6) is 0 Å². The molecule has 3 aromatic heterocycles. The van der Waals surface area contributed by atoms with Gasteiger partial charge in [-0.15, -0.1) is 18.2 Å². The van der Waals surface area contributed by atoms with Crippen molar-refractivity contribution in [3.8, 4) is 33.6 Å². The van der Waals surface area contributed by atoms with E-state index < -0.39 is 21.3 Å². The topological polar surface area (TPSA) is 38.9 Å². The molecule has 0 aliphatic heterocycles. The van der Waals surface area contributed by atoms with Crippen LogP contribution in [-0.4, -0.2) is 31.3 Å². The summed E-state index contributed by atoms with van der Waals surface area (Å²) in [7, 11) is -1.30. The van der Waals surface area contributed by atoms with Crippen LogP contribution in [0.2, 0.25) is 36.9 Å². The van der Waals surface area contributed by atoms with E-state index in [1.165, 1.54) is 31.8 Å². The molecule has 0 aliphatic rings. The standard InChI is InChI=1S/C29H28NOSi.C15H18GeN.Ir/c1-19(2)21-15-16-30-27(17-21)26-8-6-7-25-24-14-11-22(18-28(24)31-29(25)26)20-9-12-23(13-10-20)32(3,4)5;1-12-10-15(13-8-6-5-7-9-13)17-11-14(12)16(2,3)4;/h6-7,9-19H,1-5H3;5-8,10-11H,1-4H3;/q2*-1;. The quantitative estimate of drug-likeness (QED) is 0.123. The third-order valence-corrected chi connectivity index (χ3v) is 15.7. The normalized spacial score (nSPS) is 11.7. The molecule has 257 valence electrons. The molecule has 0 spiro atoms. The number of aryl methyl sites for hydroxylation is 1. The average Bonchev–Trinajstić information content (AvgIpc) is 3.46. The van der Waals surface area contributed by atoms with Gasteiger partial charge >= 0.3 is 106 Å². The summed E-state index contributed by atoms with van der Waals surface area (Å²) in [5, 5.41) is 3.70. The molecule has 0 aliphatic carbocycles. The molecule has 0 unspecified atom stereocenters. The summed E-state index contributed by atoms with van der Waals surface area (Å²) < 4.78 is 7.90. The number of furan rings is 1. The van der Waals surface area contributed by atoms with E-state index in [0.717, 1.165) is 44.5 Å². The second-order valence-electron chi connectivity index (χ2n) is 15.3. The van der Waals surface area contributed by atoms with Crippen LogP contribution in [0.3, 0.4) is 0 Å². The maximum absolute atomic E-state index is 6.41. The van der Waals surface area contributed by atoms with Gasteiger partial charge in [-0.1, -0.05) is 97.7 Å². The number of pyridine rings is 2. The van der Waals surface area contributed by atoms with Gasteiger partial charge in [0, 0.05) is 31.7 Å². The molecule has 0 fully saturated rings. The maximum atomic E-state index is 6.41. The van der Waals surface area contributed by atoms with Crippen molar-refractivity contribution >= 4 is 52.9 Å². The zero-order chi connectivity index (χ0) is 34.9. The molecule has 50 heavy (non-hydrogen) atoms. The molecule has 0 atom stereocenters. The second kappa shape index (κ2) is 15.3. The first-order valence-corrected chi connectivity index (χ1v) is 28.0. The van der Waals surface area contributed by atoms with Gasteiger partial charge in [0.05, 0.1) is 13.7 Å². The van der Waals surface area contributed by atoms with Crippen molar-refractivity contribution in [3.05, 3.63) is 133 Å². The van der Waals surface area contributed by atoms with Gasteiger partial charge in [-0.05, 0) is 34.9 Å². The Balaban J connectivity index is 0.000000229. The first kappa shape index (κ1) is 37.6. The van der Waals surface area contributed by atoms with Gasteiger partial charge in [0.1, 0.15) is 5.58 Å². The third-order valence-electron chi connectivity index (χ3n) is 9.13. The molecule has 7 rings (SSSR count). The monoisotopic (exact) mass is 913 g/mol. The molecule has 1 radical (unpaired) electrons. The fraction of sp³-hybridized carbons (Fsp3) is 0.227. The molecule has 0 saturated heterocycles. The van der Waals surface area contributed by atoms with Gasteiger partial charge in [-0.2, -0.15) is 0 Å². The minimum Gasteiger partial charge on any atom is 0 e. The Labute approximate surface area is 315 Å². The van der Waals surface area contributed by atoms with E-state index in [2.05, 4.69) is 159 Å². The van der Waals surface area contributed by atoms with Crippen molar-refractivity contribution in [2.75, 3.05) is 0 Å². The van der Waals surface area contributed by atoms with E-state index in [1.807, 2.05) is 30.5 Å². The minimum absolute atomic E-state index is 0. The molecule has 7 aromatic rings. The zero-order valence-electron chi connectivity index (χ0n) is 30.6. The molecule has 0 saturated carbocycles. The number of benzene rings is 4. The van der Waals surface area contributed by atoms with E-state index in [4.69, 9.17) is 4.42 Å². The molecule has 3 nitrogen and oxygen atoms in total. The summed E-state index contributed by atoms with van der Waals surface area (Å²) in [6.45, 7) is 13.7. The molecule has 0 N–H and O–H groups in total. The van der Waals surface area contributed by atoms with Gasteiger partial charge in [0.25, 0.3) is 0 Å². The molecule has 6 heteroatoms. The van der Waals surface area contributed by atoms with Crippen LogP contribution < -0.4 is 9.58 Å². The number of rotatable bonds is 6. The summed E-state index contributed by atoms with van der Waals surface area (Å²) in [5.74, 6) is 7.65. The van der Waals surface area contributed by atoms with Crippen LogP contribution in [0.1, 0.15) is 30.9 Å². The first-order valence-electron chi connectivity index (χ1n) is 17.2. The van der Waals surface area contributed by atoms with E-state index in [1.54, 1.807) is 0 Å². The van der Waals surface area contributed by atoms with Crippen LogP contribution in [0.25, 0.3) is 55.6 Å². The Bertz CT molecular complexity index is 2230. The van der Waals surface area contributed by atoms with Crippen LogP contribution in [0.4, 0.5) is 0 Å². The number of hydrogen-bond donors (Lipinski definition) is 0. The average molecular weight is 912 g/mol. The molecule has 0 amide bonds. The summed E-state index contributed by atoms with van der Waals surface area (Å²) in [4.78, 5) is 9.21. The Morgan fingerprint density at radius 3 is 2.12 bits per heavy atom. The van der Waals surface area contributed by atoms with Crippen LogP contribution in [0.15, 0.2) is 114 Å². The summed E-state index contributed by atoms with van der Waals surface area (Å²) in [6, 6.07) is 40.6. The van der Waals surface area contributed by atoms with Crippen molar-refractivity contribution < 1.29 is 24.5 Å². The Kier molecular flexibility index (Phi) is 11.5. The number of aromatic nitrogens is 2. The molecular formula is C44H46GeIrN2OSi-2. The summed E-state index contributed by atoms with van der Waals surface area (Å²) >= 11 is -1.77.